The molecule has 0 spiro atoms. The molecule has 11 heavy (non-hydrogen) atoms. The third-order valence-corrected chi connectivity index (χ3v) is 2.22. The van der Waals surface area contributed by atoms with Gasteiger partial charge in [0.15, 0.2) is 5.15 Å². The predicted molar refractivity (Wildman–Crippen MR) is 50.2 cm³/mol. The van der Waals surface area contributed by atoms with Crippen molar-refractivity contribution < 1.29 is 0 Å². The number of nitrogens with zero attached hydrogens (tertiary/aromatic N) is 2. The van der Waals surface area contributed by atoms with Crippen LogP contribution in [0, 0.1) is 0 Å². The predicted octanol–water partition coefficient (Wildman–Crippen LogP) is 1.34. The van der Waals surface area contributed by atoms with Crippen LogP contribution in [0.2, 0.25) is 10.4 Å². The topological polar surface area (TPSA) is 17.8 Å². The van der Waals surface area contributed by atoms with Crippen LogP contribution in [-0.2, 0) is 12.9 Å². The van der Waals surface area contributed by atoms with E-state index >= 15 is 0 Å². The maximum Gasteiger partial charge on any atom is 0.204 e. The van der Waals surface area contributed by atoms with E-state index in [2.05, 4.69) is 4.98 Å². The highest BCUT2D eigenvalue weighted by molar-refractivity contribution is 6.33. The standard InChI is InChI=1S/C6H9BCl2N2/c1-2-11-4(3-7)5(8)10-6(11)9/h2-3,7H2,1H3. The fourth-order valence-corrected chi connectivity index (χ4v) is 1.75. The van der Waals surface area contributed by atoms with Gasteiger partial charge in [-0.3, -0.25) is 0 Å². The normalized spacial score (nSPS) is 10.5. The first-order valence-corrected chi connectivity index (χ1v) is 4.36. The molecule has 0 amide bonds. The van der Waals surface area contributed by atoms with E-state index in [1.54, 1.807) is 0 Å². The van der Waals surface area contributed by atoms with Gasteiger partial charge in [0.2, 0.25) is 5.28 Å². The molecule has 0 saturated carbocycles. The molecule has 2 nitrogen and oxygen atoms in total. The quantitative estimate of drug-likeness (QED) is 0.644. The van der Waals surface area contributed by atoms with Crippen molar-refractivity contribution in [2.24, 2.45) is 0 Å². The molecule has 0 aromatic carbocycles. The second-order valence-corrected chi connectivity index (χ2v) is 2.91. The van der Waals surface area contributed by atoms with Crippen molar-refractivity contribution in [3.63, 3.8) is 0 Å². The van der Waals surface area contributed by atoms with E-state index in [1.165, 1.54) is 0 Å². The van der Waals surface area contributed by atoms with E-state index in [-0.39, 0.29) is 0 Å². The third-order valence-electron chi connectivity index (χ3n) is 1.63. The first-order valence-electron chi connectivity index (χ1n) is 3.61. The molecule has 1 aromatic heterocycles. The molecule has 1 rings (SSSR count). The van der Waals surface area contributed by atoms with Gasteiger partial charge in [0.05, 0.1) is 0 Å². The fourth-order valence-electron chi connectivity index (χ4n) is 1.09. The van der Waals surface area contributed by atoms with E-state index in [0.717, 1.165) is 18.6 Å². The highest BCUT2D eigenvalue weighted by atomic mass is 35.5. The fraction of sp³-hybridized carbons (Fsp3) is 0.500. The SMILES string of the molecule is BCc1c(Cl)nc(Cl)n1CC. The van der Waals surface area contributed by atoms with E-state index in [4.69, 9.17) is 23.2 Å². The number of imidazole rings is 1. The summed E-state index contributed by atoms with van der Waals surface area (Å²) in [6, 6.07) is 0. The van der Waals surface area contributed by atoms with Crippen LogP contribution < -0.4 is 0 Å². The summed E-state index contributed by atoms with van der Waals surface area (Å²) in [6.07, 6.45) is 0.867. The second kappa shape index (κ2) is 3.50. The van der Waals surface area contributed by atoms with Crippen LogP contribution in [0.25, 0.3) is 0 Å². The second-order valence-electron chi connectivity index (χ2n) is 2.22. The van der Waals surface area contributed by atoms with Crippen LogP contribution in [0.1, 0.15) is 12.6 Å². The monoisotopic (exact) mass is 190 g/mol. The number of halogens is 2. The zero-order valence-corrected chi connectivity index (χ0v) is 8.08. The molecule has 0 fully saturated rings. The summed E-state index contributed by atoms with van der Waals surface area (Å²) < 4.78 is 1.91. The van der Waals surface area contributed by atoms with Gasteiger partial charge in [-0.2, -0.15) is 0 Å². The molecule has 5 heteroatoms. The maximum absolute atomic E-state index is 5.81. The zero-order chi connectivity index (χ0) is 8.43. The van der Waals surface area contributed by atoms with Crippen LogP contribution >= 0.6 is 23.2 Å². The van der Waals surface area contributed by atoms with Crippen molar-refractivity contribution in [3.8, 4) is 0 Å². The Balaban J connectivity index is 3.17. The minimum atomic E-state index is 0.481. The van der Waals surface area contributed by atoms with Crippen LogP contribution in [0.3, 0.4) is 0 Å². The molecule has 60 valence electrons. The van der Waals surface area contributed by atoms with Gasteiger partial charge in [0.25, 0.3) is 0 Å². The van der Waals surface area contributed by atoms with Crippen molar-refractivity contribution >= 4 is 31.0 Å². The molecular formula is C6H9BCl2N2. The van der Waals surface area contributed by atoms with E-state index in [9.17, 15) is 0 Å². The van der Waals surface area contributed by atoms with Crippen molar-refractivity contribution in [2.75, 3.05) is 0 Å². The molecular weight excluding hydrogens is 182 g/mol. The number of aromatic nitrogens is 2. The smallest absolute Gasteiger partial charge is 0.204 e. The molecule has 0 radical (unpaired) electrons. The van der Waals surface area contributed by atoms with Crippen molar-refractivity contribution in [1.82, 2.24) is 9.55 Å². The number of hydrogen-bond donors (Lipinski definition) is 0. The summed E-state index contributed by atoms with van der Waals surface area (Å²) in [5, 5.41) is 1.01. The Morgan fingerprint density at radius 2 is 2.18 bits per heavy atom. The highest BCUT2D eigenvalue weighted by Gasteiger charge is 2.10. The van der Waals surface area contributed by atoms with Gasteiger partial charge in [0, 0.05) is 12.2 Å². The lowest BCUT2D eigenvalue weighted by Crippen LogP contribution is -2.00. The summed E-state index contributed by atoms with van der Waals surface area (Å²) in [4.78, 5) is 3.95. The van der Waals surface area contributed by atoms with Crippen LogP contribution in [0.4, 0.5) is 0 Å². The average Bonchev–Trinajstić information content (AvgIpc) is 2.24. The summed E-state index contributed by atoms with van der Waals surface area (Å²) in [5.41, 5.74) is 1.01. The number of hydrogen-bond acceptors (Lipinski definition) is 1. The molecule has 0 saturated heterocycles. The van der Waals surface area contributed by atoms with Crippen molar-refractivity contribution in [3.05, 3.63) is 16.1 Å². The maximum atomic E-state index is 5.81. The first kappa shape index (κ1) is 8.95. The zero-order valence-electron chi connectivity index (χ0n) is 6.56. The lowest BCUT2D eigenvalue weighted by Gasteiger charge is -2.02. The van der Waals surface area contributed by atoms with Crippen LogP contribution in [0.5, 0.6) is 0 Å². The minimum absolute atomic E-state index is 0.481. The Hall–Kier alpha value is -0.145. The molecule has 0 bridgehead atoms. The molecule has 0 aliphatic heterocycles. The number of rotatable bonds is 2. The molecule has 0 aliphatic rings. The van der Waals surface area contributed by atoms with Gasteiger partial charge in [0.1, 0.15) is 7.85 Å². The first-order chi connectivity index (χ1) is 5.20. The van der Waals surface area contributed by atoms with Gasteiger partial charge in [-0.05, 0) is 24.8 Å². The van der Waals surface area contributed by atoms with Gasteiger partial charge < -0.3 is 4.57 Å². The van der Waals surface area contributed by atoms with E-state index in [1.807, 2.05) is 19.3 Å². The van der Waals surface area contributed by atoms with Crippen LogP contribution in [0.15, 0.2) is 0 Å². The average molecular weight is 191 g/mol. The van der Waals surface area contributed by atoms with Crippen molar-refractivity contribution in [1.29, 1.82) is 0 Å². The van der Waals surface area contributed by atoms with E-state index in [0.29, 0.717) is 10.4 Å². The van der Waals surface area contributed by atoms with Gasteiger partial charge in [-0.1, -0.05) is 11.6 Å². The Morgan fingerprint density at radius 1 is 1.55 bits per heavy atom. The molecule has 0 aliphatic carbocycles. The molecule has 0 atom stereocenters. The lowest BCUT2D eigenvalue weighted by atomic mass is 10.0. The molecule has 0 unspecified atom stereocenters. The van der Waals surface area contributed by atoms with E-state index < -0.39 is 0 Å². The lowest BCUT2D eigenvalue weighted by molar-refractivity contribution is 0.734. The van der Waals surface area contributed by atoms with Gasteiger partial charge in [-0.15, -0.1) is 0 Å². The summed E-state index contributed by atoms with van der Waals surface area (Å²) in [6.45, 7) is 2.84. The summed E-state index contributed by atoms with van der Waals surface area (Å²) in [5.74, 6) is 0. The van der Waals surface area contributed by atoms with Gasteiger partial charge >= 0.3 is 0 Å². The minimum Gasteiger partial charge on any atom is -0.318 e. The third kappa shape index (κ3) is 1.54. The highest BCUT2D eigenvalue weighted by Crippen LogP contribution is 2.20. The van der Waals surface area contributed by atoms with Crippen molar-refractivity contribution in [2.45, 2.75) is 19.8 Å². The summed E-state index contributed by atoms with van der Waals surface area (Å²) >= 11 is 11.6. The Bertz CT molecular complexity index is 235. The molecule has 0 N–H and O–H groups in total. The molecule has 1 aromatic rings. The largest absolute Gasteiger partial charge is 0.318 e. The Kier molecular flexibility index (Phi) is 2.85. The summed E-state index contributed by atoms with van der Waals surface area (Å²) in [7, 11) is 2.03. The van der Waals surface area contributed by atoms with Crippen LogP contribution in [-0.4, -0.2) is 17.4 Å². The van der Waals surface area contributed by atoms with Gasteiger partial charge in [-0.25, -0.2) is 4.98 Å². The Morgan fingerprint density at radius 3 is 2.55 bits per heavy atom. The molecule has 1 heterocycles. The Labute approximate surface area is 76.9 Å².